The summed E-state index contributed by atoms with van der Waals surface area (Å²) in [5.74, 6) is -11.5. The van der Waals surface area contributed by atoms with E-state index in [1.54, 1.807) is 0 Å². The summed E-state index contributed by atoms with van der Waals surface area (Å²) in [6.45, 7) is 0. The van der Waals surface area contributed by atoms with Crippen molar-refractivity contribution in [3.8, 4) is 0 Å². The highest BCUT2D eigenvalue weighted by Crippen LogP contribution is 2.51. The number of alkyl halides is 7. The lowest BCUT2D eigenvalue weighted by molar-refractivity contribution is -0.359. The minimum Gasteiger partial charge on any atom is -0.254 e. The Kier molecular flexibility index (Phi) is 2.86. The molecule has 1 nitrogen and oxygen atoms in total. The summed E-state index contributed by atoms with van der Waals surface area (Å²) in [4.78, 5) is 2.94. The summed E-state index contributed by atoms with van der Waals surface area (Å²) in [5, 5.41) is 0. The molecular weight excluding hydrogens is 243 g/mol. The zero-order valence-corrected chi connectivity index (χ0v) is 7.33. The molecule has 16 heavy (non-hydrogen) atoms. The van der Waals surface area contributed by atoms with Gasteiger partial charge in [0.25, 0.3) is 0 Å². The lowest BCUT2D eigenvalue weighted by atomic mass is 10.0. The van der Waals surface area contributed by atoms with Crippen LogP contribution in [0.5, 0.6) is 0 Å². The predicted molar refractivity (Wildman–Crippen MR) is 38.0 cm³/mol. The molecule has 0 amide bonds. The van der Waals surface area contributed by atoms with Gasteiger partial charge in [0.15, 0.2) is 0 Å². The highest BCUT2D eigenvalue weighted by atomic mass is 19.4. The van der Waals surface area contributed by atoms with Crippen molar-refractivity contribution in [2.24, 2.45) is 0 Å². The van der Waals surface area contributed by atoms with Gasteiger partial charge in [-0.2, -0.15) is 30.7 Å². The van der Waals surface area contributed by atoms with Crippen molar-refractivity contribution < 1.29 is 30.7 Å². The third kappa shape index (κ3) is 1.83. The number of pyridine rings is 1. The molecule has 8 heteroatoms. The topological polar surface area (TPSA) is 12.9 Å². The first-order valence-electron chi connectivity index (χ1n) is 3.75. The third-order valence-electron chi connectivity index (χ3n) is 1.73. The number of hydrogen-bond donors (Lipinski definition) is 0. The van der Waals surface area contributed by atoms with Crippen LogP contribution in [0.25, 0.3) is 0 Å². The van der Waals surface area contributed by atoms with Crippen LogP contribution in [0.4, 0.5) is 30.7 Å². The molecule has 1 rings (SSSR count). The molecule has 0 fully saturated rings. The van der Waals surface area contributed by atoms with Gasteiger partial charge >= 0.3 is 18.0 Å². The average molecular weight is 246 g/mol. The number of nitrogens with zero attached hydrogens (tertiary/aromatic N) is 1. The van der Waals surface area contributed by atoms with Gasteiger partial charge in [0, 0.05) is 11.8 Å². The molecule has 0 bridgehead atoms. The van der Waals surface area contributed by atoms with Crippen LogP contribution < -0.4 is 0 Å². The monoisotopic (exact) mass is 246 g/mol. The lowest BCUT2D eigenvalue weighted by Gasteiger charge is -2.27. The van der Waals surface area contributed by atoms with Gasteiger partial charge in [0.1, 0.15) is 0 Å². The SMILES string of the molecule is FC(F)(F)C(F)(F)C(F)(F)c1cc[c]nc1. The molecule has 89 valence electrons. The van der Waals surface area contributed by atoms with Crippen molar-refractivity contribution in [3.05, 3.63) is 30.1 Å². The summed E-state index contributed by atoms with van der Waals surface area (Å²) >= 11 is 0. The van der Waals surface area contributed by atoms with Gasteiger partial charge in [-0.3, -0.25) is 4.98 Å². The van der Waals surface area contributed by atoms with E-state index in [0.717, 1.165) is 6.07 Å². The molecule has 0 spiro atoms. The van der Waals surface area contributed by atoms with Gasteiger partial charge in [-0.15, -0.1) is 0 Å². The van der Waals surface area contributed by atoms with Crippen molar-refractivity contribution in [2.45, 2.75) is 18.0 Å². The summed E-state index contributed by atoms with van der Waals surface area (Å²) in [6, 6.07) is 1.11. The first-order chi connectivity index (χ1) is 7.11. The minimum atomic E-state index is -6.34. The minimum absolute atomic E-state index is 0.208. The first-order valence-corrected chi connectivity index (χ1v) is 3.75. The molecule has 0 saturated carbocycles. The van der Waals surface area contributed by atoms with Gasteiger partial charge in [-0.1, -0.05) is 0 Å². The van der Waals surface area contributed by atoms with Crippen LogP contribution >= 0.6 is 0 Å². The fourth-order valence-electron chi connectivity index (χ4n) is 0.865. The molecule has 0 aliphatic carbocycles. The Morgan fingerprint density at radius 2 is 1.56 bits per heavy atom. The van der Waals surface area contributed by atoms with Crippen LogP contribution in [0.2, 0.25) is 0 Å². The average Bonchev–Trinajstić information content (AvgIpc) is 2.17. The van der Waals surface area contributed by atoms with Crippen LogP contribution in [0.3, 0.4) is 0 Å². The van der Waals surface area contributed by atoms with E-state index in [0.29, 0.717) is 6.07 Å². The summed E-state index contributed by atoms with van der Waals surface area (Å²) in [7, 11) is 0. The van der Waals surface area contributed by atoms with Gasteiger partial charge < -0.3 is 0 Å². The normalized spacial score (nSPS) is 13.9. The number of aromatic nitrogens is 1. The quantitative estimate of drug-likeness (QED) is 0.730. The van der Waals surface area contributed by atoms with Crippen LogP contribution in [0, 0.1) is 6.20 Å². The Hall–Kier alpha value is -1.34. The van der Waals surface area contributed by atoms with Crippen molar-refractivity contribution in [1.82, 2.24) is 4.98 Å². The van der Waals surface area contributed by atoms with Crippen molar-refractivity contribution >= 4 is 0 Å². The van der Waals surface area contributed by atoms with E-state index >= 15 is 0 Å². The van der Waals surface area contributed by atoms with Gasteiger partial charge in [0.05, 0.1) is 6.20 Å². The molecule has 0 atom stereocenters. The molecule has 0 N–H and O–H groups in total. The molecule has 0 saturated heterocycles. The van der Waals surface area contributed by atoms with Crippen LogP contribution in [0.1, 0.15) is 5.56 Å². The fraction of sp³-hybridized carbons (Fsp3) is 0.375. The molecule has 0 aliphatic heterocycles. The Morgan fingerprint density at radius 3 is 1.94 bits per heavy atom. The van der Waals surface area contributed by atoms with E-state index in [2.05, 4.69) is 4.98 Å². The Bertz CT molecular complexity index is 356. The van der Waals surface area contributed by atoms with Gasteiger partial charge in [0.2, 0.25) is 0 Å². The maximum atomic E-state index is 12.9. The molecule has 1 radical (unpaired) electrons. The van der Waals surface area contributed by atoms with Crippen LogP contribution in [0.15, 0.2) is 18.3 Å². The van der Waals surface area contributed by atoms with Gasteiger partial charge in [-0.25, -0.2) is 0 Å². The van der Waals surface area contributed by atoms with E-state index in [4.69, 9.17) is 0 Å². The number of rotatable bonds is 2. The van der Waals surface area contributed by atoms with Crippen molar-refractivity contribution in [1.29, 1.82) is 0 Å². The largest absolute Gasteiger partial charge is 0.460 e. The predicted octanol–water partition coefficient (Wildman–Crippen LogP) is 3.17. The number of hydrogen-bond acceptors (Lipinski definition) is 1. The second-order valence-corrected chi connectivity index (χ2v) is 2.82. The van der Waals surface area contributed by atoms with E-state index in [9.17, 15) is 30.7 Å². The van der Waals surface area contributed by atoms with E-state index in [1.165, 1.54) is 0 Å². The molecular formula is C8H3F7N. The molecule has 1 heterocycles. The second kappa shape index (κ2) is 3.60. The lowest BCUT2D eigenvalue weighted by Crippen LogP contribution is -2.50. The molecule has 0 unspecified atom stereocenters. The van der Waals surface area contributed by atoms with E-state index < -0.39 is 23.6 Å². The van der Waals surface area contributed by atoms with Crippen LogP contribution in [-0.2, 0) is 5.92 Å². The zero-order chi connectivity index (χ0) is 12.6. The number of halogens is 7. The standard InChI is InChI=1S/C8H3F7N/c9-6(10,5-2-1-3-16-4-5)7(11,12)8(13,14)15/h1-2,4H. The van der Waals surface area contributed by atoms with E-state index in [-0.39, 0.29) is 6.20 Å². The second-order valence-electron chi connectivity index (χ2n) is 2.82. The Morgan fingerprint density at radius 1 is 1.00 bits per heavy atom. The molecule has 1 aromatic heterocycles. The van der Waals surface area contributed by atoms with Crippen molar-refractivity contribution in [3.63, 3.8) is 0 Å². The van der Waals surface area contributed by atoms with Crippen LogP contribution in [-0.4, -0.2) is 17.1 Å². The van der Waals surface area contributed by atoms with Gasteiger partial charge in [-0.05, 0) is 12.1 Å². The van der Waals surface area contributed by atoms with E-state index in [1.807, 2.05) is 6.20 Å². The summed E-state index contributed by atoms with van der Waals surface area (Å²) < 4.78 is 86.0. The summed E-state index contributed by atoms with van der Waals surface area (Å²) in [5.41, 5.74) is -1.52. The van der Waals surface area contributed by atoms with Crippen molar-refractivity contribution in [2.75, 3.05) is 0 Å². The maximum Gasteiger partial charge on any atom is 0.460 e. The third-order valence-corrected chi connectivity index (χ3v) is 1.73. The smallest absolute Gasteiger partial charge is 0.254 e. The molecule has 0 aliphatic rings. The maximum absolute atomic E-state index is 12.9. The summed E-state index contributed by atoms with van der Waals surface area (Å²) in [6.07, 6.45) is -4.14. The fourth-order valence-corrected chi connectivity index (χ4v) is 0.865. The molecule has 1 aromatic rings. The first kappa shape index (κ1) is 12.7. The highest BCUT2D eigenvalue weighted by Gasteiger charge is 2.73. The zero-order valence-electron chi connectivity index (χ0n) is 7.33. The molecule has 0 aromatic carbocycles. The highest BCUT2D eigenvalue weighted by molar-refractivity contribution is 5.19. The Labute approximate surface area is 84.9 Å². The Balaban J connectivity index is 3.22.